The standard InChI is InChI=1S/C23H26N4O3S2/c1-18-7-5-9-20(15-18)27-14-11-24-23(27)31-17-22(28)25-19-8-6-10-21(16-19)32(29,30)26-12-3-2-4-13-26/h5-11,14-16H,2-4,12-13,17H2,1H3,(H,25,28). The first-order valence-corrected chi connectivity index (χ1v) is 13.0. The molecule has 1 fully saturated rings. The minimum absolute atomic E-state index is 0.159. The smallest absolute Gasteiger partial charge is 0.243 e. The largest absolute Gasteiger partial charge is 0.325 e. The van der Waals surface area contributed by atoms with Gasteiger partial charge in [-0.25, -0.2) is 13.4 Å². The third-order valence-corrected chi connectivity index (χ3v) is 8.15. The van der Waals surface area contributed by atoms with Crippen molar-refractivity contribution in [2.45, 2.75) is 36.2 Å². The van der Waals surface area contributed by atoms with Crippen molar-refractivity contribution >= 4 is 33.4 Å². The van der Waals surface area contributed by atoms with E-state index in [9.17, 15) is 13.2 Å². The van der Waals surface area contributed by atoms with E-state index < -0.39 is 10.0 Å². The molecule has 1 amide bonds. The molecule has 2 aromatic carbocycles. The van der Waals surface area contributed by atoms with Crippen molar-refractivity contribution in [3.05, 3.63) is 66.5 Å². The number of carbonyl (C=O) groups excluding carboxylic acids is 1. The van der Waals surface area contributed by atoms with E-state index in [4.69, 9.17) is 0 Å². The van der Waals surface area contributed by atoms with Crippen LogP contribution in [0, 0.1) is 6.92 Å². The quantitative estimate of drug-likeness (QED) is 0.526. The van der Waals surface area contributed by atoms with Gasteiger partial charge < -0.3 is 5.32 Å². The number of hydrogen-bond acceptors (Lipinski definition) is 5. The molecule has 0 radical (unpaired) electrons. The molecule has 7 nitrogen and oxygen atoms in total. The van der Waals surface area contributed by atoms with Gasteiger partial charge in [0.15, 0.2) is 5.16 Å². The first-order valence-electron chi connectivity index (χ1n) is 10.6. The number of benzene rings is 2. The van der Waals surface area contributed by atoms with Gasteiger partial charge in [-0.15, -0.1) is 0 Å². The van der Waals surface area contributed by atoms with Crippen molar-refractivity contribution in [1.82, 2.24) is 13.9 Å². The van der Waals surface area contributed by atoms with Crippen LogP contribution in [0.1, 0.15) is 24.8 Å². The highest BCUT2D eigenvalue weighted by Crippen LogP contribution is 2.24. The molecule has 32 heavy (non-hydrogen) atoms. The van der Waals surface area contributed by atoms with Crippen molar-refractivity contribution in [3.8, 4) is 5.69 Å². The van der Waals surface area contributed by atoms with E-state index in [2.05, 4.69) is 16.4 Å². The van der Waals surface area contributed by atoms with Gasteiger partial charge in [-0.05, 0) is 55.7 Å². The van der Waals surface area contributed by atoms with Gasteiger partial charge in [0.1, 0.15) is 0 Å². The fourth-order valence-corrected chi connectivity index (χ4v) is 6.02. The lowest BCUT2D eigenvalue weighted by molar-refractivity contribution is -0.113. The molecular formula is C23H26N4O3S2. The lowest BCUT2D eigenvalue weighted by Gasteiger charge is -2.26. The van der Waals surface area contributed by atoms with Crippen LogP contribution < -0.4 is 5.32 Å². The van der Waals surface area contributed by atoms with Gasteiger partial charge >= 0.3 is 0 Å². The summed E-state index contributed by atoms with van der Waals surface area (Å²) in [4.78, 5) is 17.1. The topological polar surface area (TPSA) is 84.3 Å². The van der Waals surface area contributed by atoms with Gasteiger partial charge in [0.25, 0.3) is 0 Å². The van der Waals surface area contributed by atoms with Gasteiger partial charge in [-0.3, -0.25) is 9.36 Å². The number of thioether (sulfide) groups is 1. The molecule has 0 spiro atoms. The highest BCUT2D eigenvalue weighted by atomic mass is 32.2. The zero-order valence-corrected chi connectivity index (χ0v) is 19.5. The van der Waals surface area contributed by atoms with Crippen molar-refractivity contribution in [1.29, 1.82) is 0 Å². The first-order chi connectivity index (χ1) is 15.4. The van der Waals surface area contributed by atoms with Gasteiger partial charge in [-0.2, -0.15) is 4.31 Å². The van der Waals surface area contributed by atoms with E-state index in [1.54, 1.807) is 24.4 Å². The van der Waals surface area contributed by atoms with Crippen LogP contribution in [-0.4, -0.2) is 47.0 Å². The Kier molecular flexibility index (Phi) is 6.98. The molecule has 4 rings (SSSR count). The number of aromatic nitrogens is 2. The highest BCUT2D eigenvalue weighted by Gasteiger charge is 2.26. The monoisotopic (exact) mass is 470 g/mol. The zero-order valence-electron chi connectivity index (χ0n) is 17.9. The second-order valence-corrected chi connectivity index (χ2v) is 10.6. The van der Waals surface area contributed by atoms with E-state index >= 15 is 0 Å². The molecular weight excluding hydrogens is 444 g/mol. The summed E-state index contributed by atoms with van der Waals surface area (Å²) in [6.45, 7) is 3.12. The van der Waals surface area contributed by atoms with Gasteiger partial charge in [0, 0.05) is 36.9 Å². The number of nitrogens with one attached hydrogen (secondary N) is 1. The number of amides is 1. The molecule has 168 valence electrons. The fraction of sp³-hybridized carbons (Fsp3) is 0.304. The number of rotatable bonds is 7. The van der Waals surface area contributed by atoms with Crippen LogP contribution in [-0.2, 0) is 14.8 Å². The summed E-state index contributed by atoms with van der Waals surface area (Å²) >= 11 is 1.33. The maximum absolute atomic E-state index is 12.9. The number of nitrogens with zero attached hydrogens (tertiary/aromatic N) is 3. The van der Waals surface area contributed by atoms with Gasteiger partial charge in [0.05, 0.1) is 10.6 Å². The number of hydrogen-bond donors (Lipinski definition) is 1. The lowest BCUT2D eigenvalue weighted by Crippen LogP contribution is -2.35. The van der Waals surface area contributed by atoms with E-state index in [-0.39, 0.29) is 16.6 Å². The second-order valence-electron chi connectivity index (χ2n) is 7.75. The van der Waals surface area contributed by atoms with E-state index in [0.717, 1.165) is 30.5 Å². The van der Waals surface area contributed by atoms with Crippen LogP contribution in [0.3, 0.4) is 0 Å². The molecule has 1 N–H and O–H groups in total. The maximum atomic E-state index is 12.9. The Hall–Kier alpha value is -2.62. The molecule has 2 heterocycles. The Bertz CT molecular complexity index is 1200. The number of carbonyl (C=O) groups is 1. The average molecular weight is 471 g/mol. The summed E-state index contributed by atoms with van der Waals surface area (Å²) in [6.07, 6.45) is 6.39. The van der Waals surface area contributed by atoms with Crippen molar-refractivity contribution in [2.24, 2.45) is 0 Å². The summed E-state index contributed by atoms with van der Waals surface area (Å²) in [5, 5.41) is 3.52. The third kappa shape index (κ3) is 5.23. The molecule has 1 aliphatic rings. The second kappa shape index (κ2) is 9.89. The molecule has 1 saturated heterocycles. The molecule has 0 aliphatic carbocycles. The SMILES string of the molecule is Cc1cccc(-n2ccnc2SCC(=O)Nc2cccc(S(=O)(=O)N3CCCCC3)c2)c1. The van der Waals surface area contributed by atoms with E-state index in [1.807, 2.05) is 35.9 Å². The molecule has 1 aromatic heterocycles. The van der Waals surface area contributed by atoms with Crippen molar-refractivity contribution in [2.75, 3.05) is 24.2 Å². The predicted molar refractivity (Wildman–Crippen MR) is 127 cm³/mol. The van der Waals surface area contributed by atoms with Crippen LogP contribution in [0.15, 0.2) is 71.0 Å². The lowest BCUT2D eigenvalue weighted by atomic mass is 10.2. The number of anilines is 1. The Balaban J connectivity index is 1.40. The van der Waals surface area contributed by atoms with Crippen LogP contribution in [0.2, 0.25) is 0 Å². The Morgan fingerprint density at radius 1 is 1.09 bits per heavy atom. The molecule has 9 heteroatoms. The maximum Gasteiger partial charge on any atom is 0.243 e. The minimum Gasteiger partial charge on any atom is -0.325 e. The number of piperidine rings is 1. The normalized spacial score (nSPS) is 14.9. The summed E-state index contributed by atoms with van der Waals surface area (Å²) in [7, 11) is -3.54. The number of sulfonamides is 1. The third-order valence-electron chi connectivity index (χ3n) is 5.29. The Morgan fingerprint density at radius 3 is 2.66 bits per heavy atom. The first kappa shape index (κ1) is 22.6. The Labute approximate surface area is 192 Å². The van der Waals surface area contributed by atoms with Crippen molar-refractivity contribution in [3.63, 3.8) is 0 Å². The molecule has 1 aliphatic heterocycles. The molecule has 3 aromatic rings. The zero-order chi connectivity index (χ0) is 22.6. The van der Waals surface area contributed by atoms with Gasteiger partial charge in [0.2, 0.25) is 15.9 Å². The highest BCUT2D eigenvalue weighted by molar-refractivity contribution is 7.99. The molecule has 0 bridgehead atoms. The minimum atomic E-state index is -3.54. The fourth-order valence-electron chi connectivity index (χ4n) is 3.69. The number of aryl methyl sites for hydroxylation is 1. The molecule has 0 unspecified atom stereocenters. The summed E-state index contributed by atoms with van der Waals surface area (Å²) < 4.78 is 29.3. The van der Waals surface area contributed by atoms with E-state index in [0.29, 0.717) is 23.9 Å². The summed E-state index contributed by atoms with van der Waals surface area (Å²) in [5.41, 5.74) is 2.60. The van der Waals surface area contributed by atoms with Gasteiger partial charge in [-0.1, -0.05) is 36.4 Å². The van der Waals surface area contributed by atoms with E-state index in [1.165, 1.54) is 22.1 Å². The number of imidazole rings is 1. The van der Waals surface area contributed by atoms with Crippen LogP contribution in [0.4, 0.5) is 5.69 Å². The summed E-state index contributed by atoms with van der Waals surface area (Å²) in [5.74, 6) is -0.0623. The average Bonchev–Trinajstić information content (AvgIpc) is 3.27. The summed E-state index contributed by atoms with van der Waals surface area (Å²) in [6, 6.07) is 14.5. The van der Waals surface area contributed by atoms with Crippen molar-refractivity contribution < 1.29 is 13.2 Å². The predicted octanol–water partition coefficient (Wildman–Crippen LogP) is 4.09. The molecule has 0 saturated carbocycles. The van der Waals surface area contributed by atoms with Crippen LogP contribution >= 0.6 is 11.8 Å². The van der Waals surface area contributed by atoms with Crippen LogP contribution in [0.5, 0.6) is 0 Å². The Morgan fingerprint density at radius 2 is 1.88 bits per heavy atom. The molecule has 0 atom stereocenters. The van der Waals surface area contributed by atoms with Crippen LogP contribution in [0.25, 0.3) is 5.69 Å².